The first-order valence-electron chi connectivity index (χ1n) is 6.39. The van der Waals surface area contributed by atoms with Gasteiger partial charge in [-0.15, -0.1) is 0 Å². The van der Waals surface area contributed by atoms with Crippen LogP contribution in [0.15, 0.2) is 10.9 Å². The average Bonchev–Trinajstić information content (AvgIpc) is 2.80. The van der Waals surface area contributed by atoms with Crippen molar-refractivity contribution in [2.45, 2.75) is 51.9 Å². The van der Waals surface area contributed by atoms with E-state index in [0.29, 0.717) is 0 Å². The molecule has 0 aliphatic carbocycles. The Kier molecular flexibility index (Phi) is 7.68. The SMILES string of the molecule is CCCCCCCCNCCc1ncno1. The molecule has 0 aliphatic rings. The lowest BCUT2D eigenvalue weighted by molar-refractivity contribution is 0.374. The van der Waals surface area contributed by atoms with Crippen molar-refractivity contribution in [3.63, 3.8) is 0 Å². The number of nitrogens with one attached hydrogen (secondary N) is 1. The highest BCUT2D eigenvalue weighted by molar-refractivity contribution is 4.74. The largest absolute Gasteiger partial charge is 0.340 e. The summed E-state index contributed by atoms with van der Waals surface area (Å²) in [6.07, 6.45) is 10.4. The fraction of sp³-hybridized carbons (Fsp3) is 0.833. The highest BCUT2D eigenvalue weighted by Crippen LogP contribution is 2.03. The molecule has 92 valence electrons. The van der Waals surface area contributed by atoms with E-state index in [1.807, 2.05) is 0 Å². The van der Waals surface area contributed by atoms with E-state index >= 15 is 0 Å². The molecule has 1 N–H and O–H groups in total. The van der Waals surface area contributed by atoms with Crippen molar-refractivity contribution < 1.29 is 4.52 Å². The second kappa shape index (κ2) is 9.33. The Balaban J connectivity index is 1.78. The monoisotopic (exact) mass is 225 g/mol. The van der Waals surface area contributed by atoms with Crippen molar-refractivity contribution in [3.8, 4) is 0 Å². The van der Waals surface area contributed by atoms with Crippen molar-refractivity contribution in [3.05, 3.63) is 12.2 Å². The van der Waals surface area contributed by atoms with E-state index < -0.39 is 0 Å². The minimum absolute atomic E-state index is 0.718. The van der Waals surface area contributed by atoms with Gasteiger partial charge in [0, 0.05) is 13.0 Å². The zero-order valence-corrected chi connectivity index (χ0v) is 10.2. The Hall–Kier alpha value is -0.900. The summed E-state index contributed by atoms with van der Waals surface area (Å²) in [7, 11) is 0. The summed E-state index contributed by atoms with van der Waals surface area (Å²) in [5, 5.41) is 6.95. The van der Waals surface area contributed by atoms with Gasteiger partial charge in [0.25, 0.3) is 0 Å². The van der Waals surface area contributed by atoms with Crippen LogP contribution in [0.2, 0.25) is 0 Å². The first kappa shape index (κ1) is 13.2. The fourth-order valence-corrected chi connectivity index (χ4v) is 1.66. The summed E-state index contributed by atoms with van der Waals surface area (Å²) in [6, 6.07) is 0. The number of rotatable bonds is 10. The van der Waals surface area contributed by atoms with Crippen LogP contribution in [0.25, 0.3) is 0 Å². The molecule has 0 aliphatic heterocycles. The van der Waals surface area contributed by atoms with Gasteiger partial charge in [0.1, 0.15) is 0 Å². The minimum Gasteiger partial charge on any atom is -0.340 e. The second-order valence-corrected chi connectivity index (χ2v) is 4.10. The molecule has 0 aromatic carbocycles. The number of hydrogen-bond donors (Lipinski definition) is 1. The van der Waals surface area contributed by atoms with Gasteiger partial charge in [-0.1, -0.05) is 44.2 Å². The quantitative estimate of drug-likeness (QED) is 0.622. The molecule has 0 spiro atoms. The lowest BCUT2D eigenvalue weighted by Gasteiger charge is -2.02. The van der Waals surface area contributed by atoms with Crippen LogP contribution in [0.4, 0.5) is 0 Å². The van der Waals surface area contributed by atoms with Crippen LogP contribution in [0.1, 0.15) is 51.3 Å². The lowest BCUT2D eigenvalue weighted by atomic mass is 10.1. The molecule has 4 nitrogen and oxygen atoms in total. The number of aromatic nitrogens is 2. The number of hydrogen-bond acceptors (Lipinski definition) is 4. The van der Waals surface area contributed by atoms with Crippen LogP contribution < -0.4 is 5.32 Å². The Labute approximate surface area is 97.8 Å². The summed E-state index contributed by atoms with van der Waals surface area (Å²) >= 11 is 0. The third-order valence-electron chi connectivity index (χ3n) is 2.63. The molecule has 0 amide bonds. The van der Waals surface area contributed by atoms with E-state index in [2.05, 4.69) is 22.4 Å². The molecule has 0 radical (unpaired) electrons. The Morgan fingerprint density at radius 3 is 2.69 bits per heavy atom. The van der Waals surface area contributed by atoms with Crippen LogP contribution in [-0.2, 0) is 6.42 Å². The van der Waals surface area contributed by atoms with Gasteiger partial charge < -0.3 is 9.84 Å². The topological polar surface area (TPSA) is 51.0 Å². The molecule has 0 atom stereocenters. The van der Waals surface area contributed by atoms with E-state index in [0.717, 1.165) is 25.4 Å². The highest BCUT2D eigenvalue weighted by atomic mass is 16.5. The molecule has 0 bridgehead atoms. The van der Waals surface area contributed by atoms with Crippen molar-refractivity contribution in [2.24, 2.45) is 0 Å². The Morgan fingerprint density at radius 2 is 1.94 bits per heavy atom. The number of nitrogens with zero attached hydrogens (tertiary/aromatic N) is 2. The summed E-state index contributed by atoms with van der Waals surface area (Å²) < 4.78 is 4.90. The zero-order chi connectivity index (χ0) is 11.5. The van der Waals surface area contributed by atoms with Gasteiger partial charge in [-0.25, -0.2) is 0 Å². The Morgan fingerprint density at radius 1 is 1.12 bits per heavy atom. The molecule has 16 heavy (non-hydrogen) atoms. The van der Waals surface area contributed by atoms with Gasteiger partial charge in [-0.3, -0.25) is 0 Å². The van der Waals surface area contributed by atoms with Gasteiger partial charge >= 0.3 is 0 Å². The van der Waals surface area contributed by atoms with Crippen molar-refractivity contribution in [2.75, 3.05) is 13.1 Å². The predicted molar refractivity (Wildman–Crippen MR) is 64.2 cm³/mol. The zero-order valence-electron chi connectivity index (χ0n) is 10.2. The van der Waals surface area contributed by atoms with E-state index in [-0.39, 0.29) is 0 Å². The van der Waals surface area contributed by atoms with Gasteiger partial charge in [-0.05, 0) is 13.0 Å². The third kappa shape index (κ3) is 6.56. The highest BCUT2D eigenvalue weighted by Gasteiger charge is 1.97. The minimum atomic E-state index is 0.718. The van der Waals surface area contributed by atoms with E-state index in [1.165, 1.54) is 44.9 Å². The maximum atomic E-state index is 4.90. The summed E-state index contributed by atoms with van der Waals surface area (Å²) in [5.74, 6) is 0.718. The summed E-state index contributed by atoms with van der Waals surface area (Å²) in [4.78, 5) is 3.97. The van der Waals surface area contributed by atoms with Crippen LogP contribution in [0, 0.1) is 0 Å². The molecule has 1 rings (SSSR count). The van der Waals surface area contributed by atoms with Gasteiger partial charge in [-0.2, -0.15) is 4.98 Å². The predicted octanol–water partition coefficient (Wildman–Crippen LogP) is 2.56. The number of unbranched alkanes of at least 4 members (excludes halogenated alkanes) is 5. The molecule has 0 unspecified atom stereocenters. The van der Waals surface area contributed by atoms with Crippen molar-refractivity contribution >= 4 is 0 Å². The maximum Gasteiger partial charge on any atom is 0.227 e. The first-order valence-corrected chi connectivity index (χ1v) is 6.39. The van der Waals surface area contributed by atoms with Crippen molar-refractivity contribution in [1.29, 1.82) is 0 Å². The van der Waals surface area contributed by atoms with E-state index in [1.54, 1.807) is 0 Å². The van der Waals surface area contributed by atoms with E-state index in [4.69, 9.17) is 4.52 Å². The van der Waals surface area contributed by atoms with Gasteiger partial charge in [0.05, 0.1) is 0 Å². The molecule has 1 aromatic heterocycles. The summed E-state index contributed by atoms with van der Waals surface area (Å²) in [6.45, 7) is 4.27. The molecule has 0 fully saturated rings. The lowest BCUT2D eigenvalue weighted by Crippen LogP contribution is -2.18. The van der Waals surface area contributed by atoms with E-state index in [9.17, 15) is 0 Å². The van der Waals surface area contributed by atoms with Crippen LogP contribution in [-0.4, -0.2) is 23.2 Å². The molecular formula is C12H23N3O. The van der Waals surface area contributed by atoms with Gasteiger partial charge in [0.15, 0.2) is 6.33 Å². The smallest absolute Gasteiger partial charge is 0.227 e. The molecule has 1 aromatic rings. The van der Waals surface area contributed by atoms with Crippen LogP contribution >= 0.6 is 0 Å². The van der Waals surface area contributed by atoms with Gasteiger partial charge in [0.2, 0.25) is 5.89 Å². The molecule has 0 saturated carbocycles. The summed E-state index contributed by atoms with van der Waals surface area (Å²) in [5.41, 5.74) is 0. The van der Waals surface area contributed by atoms with Crippen LogP contribution in [0.3, 0.4) is 0 Å². The Bertz CT molecular complexity index is 236. The normalized spacial score (nSPS) is 10.8. The average molecular weight is 225 g/mol. The molecule has 4 heteroatoms. The van der Waals surface area contributed by atoms with Crippen molar-refractivity contribution in [1.82, 2.24) is 15.5 Å². The third-order valence-corrected chi connectivity index (χ3v) is 2.63. The first-order chi connectivity index (χ1) is 7.93. The molecule has 1 heterocycles. The second-order valence-electron chi connectivity index (χ2n) is 4.10. The fourth-order valence-electron chi connectivity index (χ4n) is 1.66. The molecule has 0 saturated heterocycles. The van der Waals surface area contributed by atoms with Crippen LogP contribution in [0.5, 0.6) is 0 Å². The standard InChI is InChI=1S/C12H23N3O/c1-2-3-4-5-6-7-9-13-10-8-12-14-11-15-16-12/h11,13H,2-10H2,1H3. The molecular weight excluding hydrogens is 202 g/mol. The maximum absolute atomic E-state index is 4.90.